The van der Waals surface area contributed by atoms with Gasteiger partial charge in [-0.05, 0) is 6.92 Å². The number of rotatable bonds is 5. The molecule has 1 aliphatic heterocycles. The maximum absolute atomic E-state index is 4.80. The molecule has 0 fully saturated rings. The van der Waals surface area contributed by atoms with E-state index < -0.39 is 0 Å². The van der Waals surface area contributed by atoms with Crippen LogP contribution in [-0.2, 0) is 12.8 Å². The molecule has 0 bridgehead atoms. The molecule has 6 heteroatoms. The zero-order valence-electron chi connectivity index (χ0n) is 14.0. The third-order valence-electron chi connectivity index (χ3n) is 4.25. The van der Waals surface area contributed by atoms with Crippen molar-refractivity contribution >= 4 is 20.1 Å². The topological polar surface area (TPSA) is 51.6 Å². The van der Waals surface area contributed by atoms with Gasteiger partial charge in [-0.3, -0.25) is 0 Å². The number of hydrogen-bond acceptors (Lipinski definition) is 4. The number of aromatic nitrogens is 4. The van der Waals surface area contributed by atoms with E-state index in [0.717, 1.165) is 48.6 Å². The molecule has 0 amide bonds. The Morgan fingerprint density at radius 1 is 0.957 bits per heavy atom. The van der Waals surface area contributed by atoms with Crippen LogP contribution in [0.4, 0.5) is 0 Å². The Morgan fingerprint density at radius 3 is 2.48 bits per heavy atom. The van der Waals surface area contributed by atoms with Crippen LogP contribution in [0.5, 0.6) is 0 Å². The summed E-state index contributed by atoms with van der Waals surface area (Å²) in [6.45, 7) is 8.37. The second kappa shape index (κ2) is 6.99. The van der Waals surface area contributed by atoms with Crippen LogP contribution in [0.3, 0.4) is 0 Å². The van der Waals surface area contributed by atoms with Gasteiger partial charge >= 0.3 is 131 Å². The van der Waals surface area contributed by atoms with E-state index in [-0.39, 0.29) is 0 Å². The molecule has 0 atom stereocenters. The van der Waals surface area contributed by atoms with Crippen LogP contribution < -0.4 is 0 Å². The molecule has 0 radical (unpaired) electrons. The molecule has 0 saturated heterocycles. The zero-order chi connectivity index (χ0) is 16.2. The van der Waals surface area contributed by atoms with Crippen molar-refractivity contribution in [2.24, 2.45) is 0 Å². The average Bonchev–Trinajstić information content (AvgIpc) is 2.95. The molecule has 0 spiro atoms. The van der Waals surface area contributed by atoms with Crippen LogP contribution in [-0.4, -0.2) is 40.0 Å². The molecule has 0 aliphatic carbocycles. The third-order valence-corrected chi connectivity index (χ3v) is 4.25. The Morgan fingerprint density at radius 2 is 1.78 bits per heavy atom. The first kappa shape index (κ1) is 15.8. The molecular formula is C17H20B2N4. The monoisotopic (exact) mass is 302 g/mol. The van der Waals surface area contributed by atoms with Gasteiger partial charge in [-0.2, -0.15) is 0 Å². The first-order valence-corrected chi connectivity index (χ1v) is 8.06. The average molecular weight is 302 g/mol. The molecule has 3 rings (SSSR count). The second-order valence-electron chi connectivity index (χ2n) is 6.11. The van der Waals surface area contributed by atoms with Crippen LogP contribution in [0.15, 0.2) is 29.5 Å². The SMILES string of the molecule is CC1=C(CCc2nc(Cc3cnc(C)cn3)cnc2C)BC=B1. The predicted octanol–water partition coefficient (Wildman–Crippen LogP) is 1.55. The van der Waals surface area contributed by atoms with Gasteiger partial charge in [0.15, 0.2) is 0 Å². The third kappa shape index (κ3) is 4.01. The van der Waals surface area contributed by atoms with Crippen LogP contribution >= 0.6 is 0 Å². The van der Waals surface area contributed by atoms with E-state index in [1.807, 2.05) is 26.2 Å². The van der Waals surface area contributed by atoms with Gasteiger partial charge < -0.3 is 0 Å². The van der Waals surface area contributed by atoms with Gasteiger partial charge in [0.25, 0.3) is 0 Å². The molecule has 0 N–H and O–H groups in total. The van der Waals surface area contributed by atoms with Crippen LogP contribution in [0.1, 0.15) is 41.8 Å². The summed E-state index contributed by atoms with van der Waals surface area (Å²) in [5.41, 5.74) is 7.85. The van der Waals surface area contributed by atoms with Crippen LogP contribution in [0, 0.1) is 13.8 Å². The van der Waals surface area contributed by atoms with Gasteiger partial charge in [0.05, 0.1) is 0 Å². The van der Waals surface area contributed by atoms with Gasteiger partial charge in [-0.25, -0.2) is 0 Å². The molecule has 4 nitrogen and oxygen atoms in total. The predicted molar refractivity (Wildman–Crippen MR) is 96.3 cm³/mol. The van der Waals surface area contributed by atoms with Crippen molar-refractivity contribution in [2.45, 2.75) is 40.0 Å². The van der Waals surface area contributed by atoms with E-state index in [9.17, 15) is 0 Å². The number of allylic oxidation sites excluding steroid dienone is 2. The van der Waals surface area contributed by atoms with Crippen molar-refractivity contribution in [2.75, 3.05) is 0 Å². The second-order valence-corrected chi connectivity index (χ2v) is 6.11. The van der Waals surface area contributed by atoms with E-state index in [2.05, 4.69) is 34.7 Å². The summed E-state index contributed by atoms with van der Waals surface area (Å²) in [6, 6.07) is 0. The van der Waals surface area contributed by atoms with E-state index >= 15 is 0 Å². The fourth-order valence-electron chi connectivity index (χ4n) is 2.77. The number of hydrogen-bond donors (Lipinski definition) is 0. The summed E-state index contributed by atoms with van der Waals surface area (Å²) >= 11 is 0. The van der Waals surface area contributed by atoms with Gasteiger partial charge in [-0.1, -0.05) is 0 Å². The first-order valence-electron chi connectivity index (χ1n) is 8.06. The van der Waals surface area contributed by atoms with Crippen molar-refractivity contribution in [1.82, 2.24) is 19.9 Å². The van der Waals surface area contributed by atoms with Crippen molar-refractivity contribution < 1.29 is 0 Å². The quantitative estimate of drug-likeness (QED) is 0.786. The Bertz CT molecular complexity index is 767. The van der Waals surface area contributed by atoms with Crippen LogP contribution in [0.25, 0.3) is 0 Å². The molecule has 3 heterocycles. The van der Waals surface area contributed by atoms with E-state index in [1.54, 1.807) is 6.20 Å². The van der Waals surface area contributed by atoms with Gasteiger partial charge in [0.2, 0.25) is 0 Å². The molecule has 2 aromatic heterocycles. The van der Waals surface area contributed by atoms with E-state index in [1.165, 1.54) is 10.9 Å². The number of nitrogens with zero attached hydrogens (tertiary/aromatic N) is 4. The standard InChI is InChI=1S/C17H20B2N4/c1-11-7-22-14(8-20-11)6-15-9-21-13(3)17(23-15)5-4-16-12(2)18-10-19-16/h7-10,19H,4-6H2,1-3H3. The molecule has 23 heavy (non-hydrogen) atoms. The van der Waals surface area contributed by atoms with Gasteiger partial charge in [0.1, 0.15) is 0 Å². The summed E-state index contributed by atoms with van der Waals surface area (Å²) in [7, 11) is 1.08. The van der Waals surface area contributed by atoms with Crippen molar-refractivity contribution in [3.8, 4) is 0 Å². The summed E-state index contributed by atoms with van der Waals surface area (Å²) in [6.07, 6.45) is 8.14. The first-order chi connectivity index (χ1) is 11.1. The van der Waals surface area contributed by atoms with E-state index in [4.69, 9.17) is 4.98 Å². The summed E-state index contributed by atoms with van der Waals surface area (Å²) in [5, 5.41) is 0. The van der Waals surface area contributed by atoms with Crippen molar-refractivity contribution in [3.05, 3.63) is 58.0 Å². The summed E-state index contributed by atoms with van der Waals surface area (Å²) in [5.74, 6) is 2.23. The fraction of sp³-hybridized carbons (Fsp3) is 0.353. The Balaban J connectivity index is 1.71. The van der Waals surface area contributed by atoms with Crippen molar-refractivity contribution in [3.63, 3.8) is 0 Å². The molecule has 0 aromatic carbocycles. The van der Waals surface area contributed by atoms with Gasteiger partial charge in [0, 0.05) is 0 Å². The molecule has 2 aromatic rings. The Kier molecular flexibility index (Phi) is 4.79. The molecule has 0 saturated carbocycles. The van der Waals surface area contributed by atoms with Crippen LogP contribution in [0.2, 0.25) is 0 Å². The molecule has 114 valence electrons. The molecule has 1 aliphatic rings. The minimum absolute atomic E-state index is 0.677. The Labute approximate surface area is 138 Å². The summed E-state index contributed by atoms with van der Waals surface area (Å²) in [4.78, 5) is 18.0. The fourth-order valence-corrected chi connectivity index (χ4v) is 2.77. The van der Waals surface area contributed by atoms with Crippen molar-refractivity contribution in [1.29, 1.82) is 0 Å². The number of aryl methyl sites for hydroxylation is 3. The van der Waals surface area contributed by atoms with Gasteiger partial charge in [-0.15, -0.1) is 0 Å². The minimum atomic E-state index is 0.677. The normalized spacial score (nSPS) is 13.2. The molecule has 0 unspecified atom stereocenters. The maximum atomic E-state index is 4.80. The molecular weight excluding hydrogens is 282 g/mol. The summed E-state index contributed by atoms with van der Waals surface area (Å²) < 4.78 is 0. The Hall–Kier alpha value is -2.10. The van der Waals surface area contributed by atoms with E-state index in [0.29, 0.717) is 6.42 Å². The zero-order valence-corrected chi connectivity index (χ0v) is 14.0.